The summed E-state index contributed by atoms with van der Waals surface area (Å²) in [5, 5.41) is 5.12. The van der Waals surface area contributed by atoms with Crippen molar-refractivity contribution in [3.8, 4) is 0 Å². The summed E-state index contributed by atoms with van der Waals surface area (Å²) >= 11 is 0. The van der Waals surface area contributed by atoms with Gasteiger partial charge in [0.15, 0.2) is 0 Å². The van der Waals surface area contributed by atoms with E-state index in [2.05, 4.69) is 10.6 Å². The molecule has 20 heavy (non-hydrogen) atoms. The molecule has 2 amide bonds. The fourth-order valence-corrected chi connectivity index (χ4v) is 1.56. The molecule has 0 saturated carbocycles. The van der Waals surface area contributed by atoms with Crippen LogP contribution >= 0.6 is 0 Å². The lowest BCUT2D eigenvalue weighted by Gasteiger charge is -2.15. The number of nitrogens with zero attached hydrogens (tertiary/aromatic N) is 1. The molecule has 1 rings (SSSR count). The average molecular weight is 282 g/mol. The van der Waals surface area contributed by atoms with Gasteiger partial charge in [-0.3, -0.25) is 14.5 Å². The standard InChI is InChI=1S/C13H19FN4O2/c1-16-12(19)5-6-18(2)8-13(20)17-9-3-4-10(14)11(15)7-9/h3-4,7H,5-6,8,15H2,1-2H3,(H,16,19)(H,17,20). The normalized spacial score (nSPS) is 10.4. The van der Waals surface area contributed by atoms with E-state index in [0.29, 0.717) is 18.7 Å². The number of likely N-dealkylation sites (N-methyl/N-ethyl adjacent to an activating group) is 1. The Labute approximate surface area is 117 Å². The maximum atomic E-state index is 13.0. The minimum atomic E-state index is -0.523. The summed E-state index contributed by atoms with van der Waals surface area (Å²) in [5.74, 6) is -0.857. The maximum Gasteiger partial charge on any atom is 0.238 e. The van der Waals surface area contributed by atoms with Crippen LogP contribution in [-0.4, -0.2) is 43.9 Å². The van der Waals surface area contributed by atoms with Crippen molar-refractivity contribution < 1.29 is 14.0 Å². The Morgan fingerprint density at radius 3 is 2.65 bits per heavy atom. The van der Waals surface area contributed by atoms with Crippen LogP contribution < -0.4 is 16.4 Å². The number of hydrogen-bond donors (Lipinski definition) is 3. The van der Waals surface area contributed by atoms with Crippen LogP contribution in [0.25, 0.3) is 0 Å². The molecular formula is C13H19FN4O2. The van der Waals surface area contributed by atoms with Gasteiger partial charge in [-0.05, 0) is 25.2 Å². The van der Waals surface area contributed by atoms with Crippen LogP contribution in [0.4, 0.5) is 15.8 Å². The van der Waals surface area contributed by atoms with E-state index in [-0.39, 0.29) is 24.0 Å². The Morgan fingerprint density at radius 1 is 1.35 bits per heavy atom. The van der Waals surface area contributed by atoms with Crippen molar-refractivity contribution in [1.29, 1.82) is 0 Å². The van der Waals surface area contributed by atoms with Crippen molar-refractivity contribution in [2.75, 3.05) is 38.2 Å². The number of halogens is 1. The van der Waals surface area contributed by atoms with Gasteiger partial charge in [0.25, 0.3) is 0 Å². The molecule has 0 atom stereocenters. The van der Waals surface area contributed by atoms with Crippen LogP contribution in [0.1, 0.15) is 6.42 Å². The molecule has 1 aromatic rings. The van der Waals surface area contributed by atoms with Gasteiger partial charge < -0.3 is 16.4 Å². The van der Waals surface area contributed by atoms with E-state index in [1.807, 2.05) is 0 Å². The molecule has 0 spiro atoms. The molecule has 0 saturated heterocycles. The van der Waals surface area contributed by atoms with Crippen molar-refractivity contribution in [2.24, 2.45) is 0 Å². The number of anilines is 2. The number of amides is 2. The number of hydrogen-bond acceptors (Lipinski definition) is 4. The number of carbonyl (C=O) groups excluding carboxylic acids is 2. The van der Waals surface area contributed by atoms with Crippen molar-refractivity contribution in [2.45, 2.75) is 6.42 Å². The first-order chi connectivity index (χ1) is 9.42. The highest BCUT2D eigenvalue weighted by molar-refractivity contribution is 5.92. The van der Waals surface area contributed by atoms with Crippen LogP contribution in [0.15, 0.2) is 18.2 Å². The summed E-state index contributed by atoms with van der Waals surface area (Å²) < 4.78 is 13.0. The van der Waals surface area contributed by atoms with Gasteiger partial charge in [-0.25, -0.2) is 4.39 Å². The van der Waals surface area contributed by atoms with Gasteiger partial charge >= 0.3 is 0 Å². The first-order valence-electron chi connectivity index (χ1n) is 6.16. The predicted molar refractivity (Wildman–Crippen MR) is 75.6 cm³/mol. The maximum absolute atomic E-state index is 13.0. The van der Waals surface area contributed by atoms with Gasteiger partial charge in [0.05, 0.1) is 12.2 Å². The minimum Gasteiger partial charge on any atom is -0.396 e. The zero-order chi connectivity index (χ0) is 15.1. The molecule has 0 unspecified atom stereocenters. The lowest BCUT2D eigenvalue weighted by molar-refractivity contribution is -0.122. The summed E-state index contributed by atoms with van der Waals surface area (Å²) in [6.45, 7) is 0.604. The highest BCUT2D eigenvalue weighted by Crippen LogP contribution is 2.16. The third-order valence-electron chi connectivity index (χ3n) is 2.69. The van der Waals surface area contributed by atoms with Gasteiger partial charge in [0.2, 0.25) is 11.8 Å². The highest BCUT2D eigenvalue weighted by atomic mass is 19.1. The van der Waals surface area contributed by atoms with Gasteiger partial charge in [-0.2, -0.15) is 0 Å². The number of nitrogens with one attached hydrogen (secondary N) is 2. The van der Waals surface area contributed by atoms with Crippen molar-refractivity contribution in [3.63, 3.8) is 0 Å². The van der Waals surface area contributed by atoms with Gasteiger partial charge in [0.1, 0.15) is 5.82 Å². The van der Waals surface area contributed by atoms with Crippen molar-refractivity contribution in [1.82, 2.24) is 10.2 Å². The van der Waals surface area contributed by atoms with E-state index in [9.17, 15) is 14.0 Å². The molecule has 110 valence electrons. The zero-order valence-corrected chi connectivity index (χ0v) is 11.6. The van der Waals surface area contributed by atoms with Gasteiger partial charge in [-0.1, -0.05) is 0 Å². The second kappa shape index (κ2) is 7.44. The van der Waals surface area contributed by atoms with Gasteiger partial charge in [0, 0.05) is 25.7 Å². The summed E-state index contributed by atoms with van der Waals surface area (Å²) in [7, 11) is 3.30. The topological polar surface area (TPSA) is 87.5 Å². The average Bonchev–Trinajstić information content (AvgIpc) is 2.40. The highest BCUT2D eigenvalue weighted by Gasteiger charge is 2.09. The van der Waals surface area contributed by atoms with Crippen LogP contribution in [0.3, 0.4) is 0 Å². The molecular weight excluding hydrogens is 263 g/mol. The molecule has 1 aromatic carbocycles. The van der Waals surface area contributed by atoms with E-state index >= 15 is 0 Å². The fraction of sp³-hybridized carbons (Fsp3) is 0.385. The smallest absolute Gasteiger partial charge is 0.238 e. The Kier molecular flexibility index (Phi) is 5.92. The molecule has 6 nitrogen and oxygen atoms in total. The van der Waals surface area contributed by atoms with E-state index in [1.54, 1.807) is 19.0 Å². The molecule has 0 aliphatic rings. The molecule has 0 aliphatic heterocycles. The van der Waals surface area contributed by atoms with E-state index in [0.717, 1.165) is 0 Å². The van der Waals surface area contributed by atoms with Crippen LogP contribution in [0, 0.1) is 5.82 Å². The van der Waals surface area contributed by atoms with E-state index in [1.165, 1.54) is 18.2 Å². The SMILES string of the molecule is CNC(=O)CCN(C)CC(=O)Nc1ccc(F)c(N)c1. The Bertz CT molecular complexity index is 493. The molecule has 0 bridgehead atoms. The summed E-state index contributed by atoms with van der Waals surface area (Å²) in [5.41, 5.74) is 5.83. The number of nitrogen functional groups attached to an aromatic ring is 1. The third kappa shape index (κ3) is 5.23. The Hall–Kier alpha value is -2.15. The quantitative estimate of drug-likeness (QED) is 0.660. The lowest BCUT2D eigenvalue weighted by atomic mass is 10.2. The first kappa shape index (κ1) is 15.9. The van der Waals surface area contributed by atoms with Gasteiger partial charge in [-0.15, -0.1) is 0 Å². The molecule has 0 radical (unpaired) electrons. The predicted octanol–water partition coefficient (Wildman–Crippen LogP) is 0.414. The van der Waals surface area contributed by atoms with E-state index in [4.69, 9.17) is 5.73 Å². The monoisotopic (exact) mass is 282 g/mol. The fourth-order valence-electron chi connectivity index (χ4n) is 1.56. The second-order valence-corrected chi connectivity index (χ2v) is 4.45. The number of nitrogens with two attached hydrogens (primary N) is 1. The van der Waals surface area contributed by atoms with Crippen LogP contribution in [-0.2, 0) is 9.59 Å². The molecule has 0 fully saturated rings. The molecule has 0 aromatic heterocycles. The molecule has 0 aliphatic carbocycles. The Balaban J connectivity index is 2.42. The van der Waals surface area contributed by atoms with Crippen LogP contribution in [0.5, 0.6) is 0 Å². The number of benzene rings is 1. The number of rotatable bonds is 6. The second-order valence-electron chi connectivity index (χ2n) is 4.45. The largest absolute Gasteiger partial charge is 0.396 e. The number of carbonyl (C=O) groups is 2. The minimum absolute atomic E-state index is 0.0178. The Morgan fingerprint density at radius 2 is 2.05 bits per heavy atom. The molecule has 4 N–H and O–H groups in total. The summed E-state index contributed by atoms with van der Waals surface area (Å²) in [6.07, 6.45) is 0.323. The summed E-state index contributed by atoms with van der Waals surface area (Å²) in [4.78, 5) is 24.5. The van der Waals surface area contributed by atoms with E-state index < -0.39 is 5.82 Å². The zero-order valence-electron chi connectivity index (χ0n) is 11.6. The molecule has 0 heterocycles. The summed E-state index contributed by atoms with van der Waals surface area (Å²) in [6, 6.07) is 3.99. The molecule has 7 heteroatoms. The first-order valence-corrected chi connectivity index (χ1v) is 6.16. The van der Waals surface area contributed by atoms with Crippen molar-refractivity contribution >= 4 is 23.2 Å². The third-order valence-corrected chi connectivity index (χ3v) is 2.69. The van der Waals surface area contributed by atoms with Crippen LogP contribution in [0.2, 0.25) is 0 Å². The van der Waals surface area contributed by atoms with Crippen molar-refractivity contribution in [3.05, 3.63) is 24.0 Å². The lowest BCUT2D eigenvalue weighted by Crippen LogP contribution is -2.33.